The summed E-state index contributed by atoms with van der Waals surface area (Å²) in [6, 6.07) is 4.51. The average molecular weight is 399 g/mol. The lowest BCUT2D eigenvalue weighted by atomic mass is 9.81. The van der Waals surface area contributed by atoms with Gasteiger partial charge in [0.15, 0.2) is 0 Å². The summed E-state index contributed by atoms with van der Waals surface area (Å²) in [6.07, 6.45) is 0.784. The van der Waals surface area contributed by atoms with Gasteiger partial charge in [-0.1, -0.05) is 34.6 Å². The average Bonchev–Trinajstić information content (AvgIpc) is 2.52. The number of rotatable bonds is 8. The van der Waals surface area contributed by atoms with Crippen LogP contribution in [0.3, 0.4) is 0 Å². The van der Waals surface area contributed by atoms with Crippen molar-refractivity contribution in [3.8, 4) is 5.75 Å². The van der Waals surface area contributed by atoms with Crippen molar-refractivity contribution in [2.24, 2.45) is 5.41 Å². The number of carbonyl (C=O) groups excluding carboxylic acids is 1. The van der Waals surface area contributed by atoms with E-state index in [1.165, 1.54) is 23.5 Å². The molecule has 0 spiro atoms. The fraction of sp³-hybridized carbons (Fsp3) is 0.650. The molecule has 0 saturated carbocycles. The van der Waals surface area contributed by atoms with E-state index in [0.717, 1.165) is 6.42 Å². The van der Waals surface area contributed by atoms with Crippen LogP contribution in [0.5, 0.6) is 5.75 Å². The van der Waals surface area contributed by atoms with Crippen molar-refractivity contribution in [2.75, 3.05) is 20.2 Å². The Hall–Kier alpha value is -1.60. The van der Waals surface area contributed by atoms with Gasteiger partial charge >= 0.3 is 0 Å². The molecule has 0 heterocycles. The third-order valence-corrected chi connectivity index (χ3v) is 6.24. The summed E-state index contributed by atoms with van der Waals surface area (Å²) in [5.74, 6) is -0.0738. The number of hydrogen-bond donors (Lipinski definition) is 1. The Balaban J connectivity index is 3.27. The standard InChI is InChI=1S/C20H34N2O4S/c1-9-22(10-2)27(24,25)17-13-15(11-12-16(17)26-8)18(23)21-20(6,7)14-19(3,4)5/h11-13H,9-10,14H2,1-8H3,(H,21,23). The van der Waals surface area contributed by atoms with Crippen LogP contribution in [0.2, 0.25) is 0 Å². The molecule has 0 aromatic heterocycles. The first-order valence-electron chi connectivity index (χ1n) is 9.28. The van der Waals surface area contributed by atoms with E-state index in [2.05, 4.69) is 26.1 Å². The SMILES string of the molecule is CCN(CC)S(=O)(=O)c1cc(C(=O)NC(C)(C)CC(C)(C)C)ccc1OC. The number of nitrogens with one attached hydrogen (secondary N) is 1. The lowest BCUT2D eigenvalue weighted by Crippen LogP contribution is -2.45. The van der Waals surface area contributed by atoms with Gasteiger partial charge in [0.05, 0.1) is 7.11 Å². The smallest absolute Gasteiger partial charge is 0.251 e. The van der Waals surface area contributed by atoms with Crippen LogP contribution in [0.4, 0.5) is 0 Å². The Labute approximate surface area is 164 Å². The molecule has 1 N–H and O–H groups in total. The van der Waals surface area contributed by atoms with Crippen molar-refractivity contribution in [1.29, 1.82) is 0 Å². The summed E-state index contributed by atoms with van der Waals surface area (Å²) in [4.78, 5) is 12.8. The third-order valence-electron chi connectivity index (χ3n) is 4.17. The quantitative estimate of drug-likeness (QED) is 0.725. The number of sulfonamides is 1. The number of carbonyl (C=O) groups is 1. The van der Waals surface area contributed by atoms with Gasteiger partial charge in [-0.05, 0) is 43.9 Å². The summed E-state index contributed by atoms with van der Waals surface area (Å²) in [6.45, 7) is 14.5. The van der Waals surface area contributed by atoms with Crippen molar-refractivity contribution in [3.63, 3.8) is 0 Å². The fourth-order valence-corrected chi connectivity index (χ4v) is 5.11. The number of benzene rings is 1. The van der Waals surface area contributed by atoms with E-state index in [0.29, 0.717) is 18.7 Å². The maximum atomic E-state index is 12.9. The normalized spacial score (nSPS) is 12.9. The highest BCUT2D eigenvalue weighted by Gasteiger charge is 2.30. The van der Waals surface area contributed by atoms with Gasteiger partial charge in [-0.15, -0.1) is 0 Å². The van der Waals surface area contributed by atoms with Gasteiger partial charge in [0.1, 0.15) is 10.6 Å². The summed E-state index contributed by atoms with van der Waals surface area (Å²) in [7, 11) is -2.32. The van der Waals surface area contributed by atoms with Crippen LogP contribution in [-0.4, -0.2) is 44.4 Å². The van der Waals surface area contributed by atoms with Crippen LogP contribution in [0.15, 0.2) is 23.1 Å². The van der Waals surface area contributed by atoms with Crippen LogP contribution in [0.25, 0.3) is 0 Å². The summed E-state index contributed by atoms with van der Waals surface area (Å²) >= 11 is 0. The lowest BCUT2D eigenvalue weighted by molar-refractivity contribution is 0.0891. The van der Waals surface area contributed by atoms with Crippen molar-refractivity contribution >= 4 is 15.9 Å². The zero-order valence-electron chi connectivity index (χ0n) is 17.8. The van der Waals surface area contributed by atoms with E-state index in [4.69, 9.17) is 4.74 Å². The maximum absolute atomic E-state index is 12.9. The van der Waals surface area contributed by atoms with Gasteiger partial charge in [0, 0.05) is 24.2 Å². The Morgan fingerprint density at radius 1 is 1.11 bits per heavy atom. The molecule has 7 heteroatoms. The molecule has 1 rings (SSSR count). The van der Waals surface area contributed by atoms with E-state index in [-0.39, 0.29) is 22.0 Å². The van der Waals surface area contributed by atoms with Crippen molar-refractivity contribution < 1.29 is 17.9 Å². The van der Waals surface area contributed by atoms with Crippen LogP contribution < -0.4 is 10.1 Å². The van der Waals surface area contributed by atoms with Gasteiger partial charge in [-0.3, -0.25) is 4.79 Å². The second-order valence-corrected chi connectivity index (χ2v) is 10.4. The summed E-state index contributed by atoms with van der Waals surface area (Å²) in [5, 5.41) is 3.01. The Bertz CT molecular complexity index is 761. The topological polar surface area (TPSA) is 75.7 Å². The molecule has 0 aliphatic carbocycles. The van der Waals surface area contributed by atoms with E-state index in [1.54, 1.807) is 19.9 Å². The Morgan fingerprint density at radius 2 is 1.67 bits per heavy atom. The van der Waals surface area contributed by atoms with Gasteiger partial charge in [0.25, 0.3) is 5.91 Å². The maximum Gasteiger partial charge on any atom is 0.251 e. The van der Waals surface area contributed by atoms with Gasteiger partial charge < -0.3 is 10.1 Å². The zero-order chi connectivity index (χ0) is 21.0. The van der Waals surface area contributed by atoms with Crippen molar-refractivity contribution in [3.05, 3.63) is 23.8 Å². The molecule has 0 bridgehead atoms. The molecule has 154 valence electrons. The highest BCUT2D eigenvalue weighted by Crippen LogP contribution is 2.29. The largest absolute Gasteiger partial charge is 0.495 e. The first-order chi connectivity index (χ1) is 12.3. The molecule has 27 heavy (non-hydrogen) atoms. The molecule has 0 unspecified atom stereocenters. The minimum absolute atomic E-state index is 0.00924. The number of hydrogen-bond acceptors (Lipinski definition) is 4. The van der Waals surface area contributed by atoms with Gasteiger partial charge in [-0.2, -0.15) is 4.31 Å². The second kappa shape index (κ2) is 8.61. The summed E-state index contributed by atoms with van der Waals surface area (Å²) in [5.41, 5.74) is -0.0790. The van der Waals surface area contributed by atoms with Crippen LogP contribution in [-0.2, 0) is 10.0 Å². The van der Waals surface area contributed by atoms with Crippen molar-refractivity contribution in [1.82, 2.24) is 9.62 Å². The highest BCUT2D eigenvalue weighted by atomic mass is 32.2. The lowest BCUT2D eigenvalue weighted by Gasteiger charge is -2.33. The highest BCUT2D eigenvalue weighted by molar-refractivity contribution is 7.89. The summed E-state index contributed by atoms with van der Waals surface area (Å²) < 4.78 is 32.5. The van der Waals surface area contributed by atoms with E-state index >= 15 is 0 Å². The molecule has 6 nitrogen and oxygen atoms in total. The number of nitrogens with zero attached hydrogens (tertiary/aromatic N) is 1. The second-order valence-electron chi connectivity index (χ2n) is 8.53. The fourth-order valence-electron chi connectivity index (χ4n) is 3.47. The molecule has 1 aromatic carbocycles. The predicted octanol–water partition coefficient (Wildman–Crippen LogP) is 3.67. The molecular weight excluding hydrogens is 364 g/mol. The van der Waals surface area contributed by atoms with Crippen LogP contribution in [0.1, 0.15) is 65.2 Å². The van der Waals surface area contributed by atoms with Crippen molar-refractivity contribution in [2.45, 2.75) is 65.3 Å². The third kappa shape index (κ3) is 6.21. The number of ether oxygens (including phenoxy) is 1. The van der Waals surface area contributed by atoms with Gasteiger partial charge in [-0.25, -0.2) is 8.42 Å². The van der Waals surface area contributed by atoms with E-state index in [9.17, 15) is 13.2 Å². The molecule has 0 aliphatic rings. The molecule has 0 fully saturated rings. The molecule has 0 atom stereocenters. The minimum atomic E-state index is -3.74. The number of amides is 1. The zero-order valence-corrected chi connectivity index (χ0v) is 18.7. The first kappa shape index (κ1) is 23.4. The van der Waals surface area contributed by atoms with E-state index in [1.807, 2.05) is 13.8 Å². The van der Waals surface area contributed by atoms with Gasteiger partial charge in [0.2, 0.25) is 10.0 Å². The Kier molecular flexibility index (Phi) is 7.47. The molecule has 1 aromatic rings. The Morgan fingerprint density at radius 3 is 2.11 bits per heavy atom. The predicted molar refractivity (Wildman–Crippen MR) is 109 cm³/mol. The molecule has 0 aliphatic heterocycles. The molecule has 1 amide bonds. The van der Waals surface area contributed by atoms with Crippen LogP contribution >= 0.6 is 0 Å². The molecule has 0 saturated heterocycles. The molecular formula is C20H34N2O4S. The molecule has 0 radical (unpaired) electrons. The monoisotopic (exact) mass is 398 g/mol. The van der Waals surface area contributed by atoms with E-state index < -0.39 is 15.6 Å². The van der Waals surface area contributed by atoms with Crippen LogP contribution in [0, 0.1) is 5.41 Å². The number of methoxy groups -OCH3 is 1. The first-order valence-corrected chi connectivity index (χ1v) is 10.7. The minimum Gasteiger partial charge on any atom is -0.495 e.